The van der Waals surface area contributed by atoms with E-state index >= 15 is 0 Å². The minimum atomic E-state index is 0. The first kappa shape index (κ1) is 28.7. The maximum absolute atomic E-state index is 0. The Labute approximate surface area is 86.5 Å². The van der Waals surface area contributed by atoms with Crippen LogP contribution >= 0.6 is 0 Å². The molecule has 0 aromatic heterocycles. The second-order valence-corrected chi connectivity index (χ2v) is 0. The maximum atomic E-state index is 0. The van der Waals surface area contributed by atoms with Gasteiger partial charge in [0.15, 0.2) is 0 Å². The van der Waals surface area contributed by atoms with Crippen molar-refractivity contribution in [3.63, 3.8) is 0 Å². The first-order valence-corrected chi connectivity index (χ1v) is 0. The molecule has 0 aliphatic carbocycles. The third-order valence-corrected chi connectivity index (χ3v) is 0. The summed E-state index contributed by atoms with van der Waals surface area (Å²) < 4.78 is 0. The number of hydrogen-bond acceptors (Lipinski definition) is 0. The Hall–Kier alpha value is 2.88. The fourth-order valence-corrected chi connectivity index (χ4v) is 0. The monoisotopic (exact) mass is 225 g/mol. The Morgan fingerprint density at radius 3 is 1.00 bits per heavy atom. The summed E-state index contributed by atoms with van der Waals surface area (Å²) in [6, 6.07) is 0. The largest absolute Gasteiger partial charge is 0 e. The molecule has 0 spiro atoms. The molecular weight excluding hydrogens is 227 g/mol. The summed E-state index contributed by atoms with van der Waals surface area (Å²) in [5.41, 5.74) is 0. The van der Waals surface area contributed by atoms with Crippen molar-refractivity contribution in [2.24, 2.45) is 0 Å². The standard InChI is InChI=1S/Cu.Mg.Ti.Zr. The molecule has 0 aliphatic heterocycles. The quantitative estimate of drug-likeness (QED) is 0.494. The molecule has 21 valence electrons. The van der Waals surface area contributed by atoms with Crippen LogP contribution in [0.4, 0.5) is 0 Å². The fourth-order valence-electron chi connectivity index (χ4n) is 0. The van der Waals surface area contributed by atoms with Gasteiger partial charge in [0.25, 0.3) is 0 Å². The summed E-state index contributed by atoms with van der Waals surface area (Å²) in [6.45, 7) is 0. The van der Waals surface area contributed by atoms with E-state index in [0.717, 1.165) is 0 Å². The molecule has 0 aromatic carbocycles. The van der Waals surface area contributed by atoms with E-state index in [0.29, 0.717) is 0 Å². The molecule has 0 bridgehead atoms. The van der Waals surface area contributed by atoms with E-state index in [2.05, 4.69) is 0 Å². The zero-order valence-electron chi connectivity index (χ0n) is 2.01. The van der Waals surface area contributed by atoms with E-state index in [1.807, 2.05) is 0 Å². The Morgan fingerprint density at radius 1 is 1.00 bits per heavy atom. The van der Waals surface area contributed by atoms with Crippen LogP contribution in [0.3, 0.4) is 0 Å². The normalized spacial score (nSPS) is 0. The van der Waals surface area contributed by atoms with Crippen molar-refractivity contribution >= 4 is 23.1 Å². The molecule has 4 heteroatoms. The van der Waals surface area contributed by atoms with E-state index in [1.165, 1.54) is 0 Å². The molecule has 0 fully saturated rings. The molecule has 0 atom stereocenters. The van der Waals surface area contributed by atoms with Crippen molar-refractivity contribution in [3.8, 4) is 0 Å². The van der Waals surface area contributed by atoms with Gasteiger partial charge in [-0.1, -0.05) is 0 Å². The Balaban J connectivity index is 0. The molecular formula is CuMgTiZr. The maximum Gasteiger partial charge on any atom is 0 e. The van der Waals surface area contributed by atoms with Crippen LogP contribution in [0.25, 0.3) is 0 Å². The summed E-state index contributed by atoms with van der Waals surface area (Å²) >= 11 is 0. The van der Waals surface area contributed by atoms with Gasteiger partial charge in [0, 0.05) is 88.0 Å². The summed E-state index contributed by atoms with van der Waals surface area (Å²) in [6.07, 6.45) is 0. The third-order valence-electron chi connectivity index (χ3n) is 0. The van der Waals surface area contributed by atoms with Gasteiger partial charge in [0.05, 0.1) is 0 Å². The van der Waals surface area contributed by atoms with E-state index in [-0.39, 0.29) is 88.0 Å². The number of hydrogen-bond donors (Lipinski definition) is 0. The fraction of sp³-hybridized carbons (Fsp3) is 0. The van der Waals surface area contributed by atoms with Crippen LogP contribution in [0.15, 0.2) is 0 Å². The van der Waals surface area contributed by atoms with Gasteiger partial charge in [-0.15, -0.1) is 0 Å². The van der Waals surface area contributed by atoms with Gasteiger partial charge in [0.1, 0.15) is 0 Å². The van der Waals surface area contributed by atoms with Crippen molar-refractivity contribution in [2.45, 2.75) is 0 Å². The molecule has 0 heterocycles. The van der Waals surface area contributed by atoms with Gasteiger partial charge >= 0.3 is 0 Å². The van der Waals surface area contributed by atoms with E-state index in [1.54, 1.807) is 0 Å². The summed E-state index contributed by atoms with van der Waals surface area (Å²) in [7, 11) is 0. The third kappa shape index (κ3) is 8.86. The molecule has 0 nitrogen and oxygen atoms in total. The molecule has 0 rings (SSSR count). The molecule has 3 radical (unpaired) electrons. The number of rotatable bonds is 0. The Morgan fingerprint density at radius 2 is 1.00 bits per heavy atom. The molecule has 0 unspecified atom stereocenters. The summed E-state index contributed by atoms with van der Waals surface area (Å²) in [5.74, 6) is 0. The predicted octanol–water partition coefficient (Wildman–Crippen LogP) is -0.388. The predicted molar refractivity (Wildman–Crippen MR) is 5.75 cm³/mol. The van der Waals surface area contributed by atoms with Gasteiger partial charge in [-0.2, -0.15) is 0 Å². The zero-order chi connectivity index (χ0) is 0. The van der Waals surface area contributed by atoms with Crippen LogP contribution < -0.4 is 0 Å². The van der Waals surface area contributed by atoms with Crippen molar-refractivity contribution < 1.29 is 65.0 Å². The van der Waals surface area contributed by atoms with Crippen LogP contribution in [-0.2, 0) is 65.0 Å². The molecule has 0 N–H and O–H groups in total. The van der Waals surface area contributed by atoms with Crippen LogP contribution in [0.5, 0.6) is 0 Å². The second kappa shape index (κ2) is 16.9. The molecule has 0 aliphatic rings. The topological polar surface area (TPSA) is 0 Å². The second-order valence-electron chi connectivity index (χ2n) is 0. The van der Waals surface area contributed by atoms with Gasteiger partial charge in [-0.25, -0.2) is 0 Å². The average Bonchev–Trinajstić information content (AvgIpc) is 0. The molecule has 0 saturated heterocycles. The first-order valence-electron chi connectivity index (χ1n) is 0. The SMILES string of the molecule is [Cu].[Mg].[Ti].[Zr]. The van der Waals surface area contributed by atoms with Crippen molar-refractivity contribution in [2.75, 3.05) is 0 Å². The van der Waals surface area contributed by atoms with Crippen LogP contribution in [0.2, 0.25) is 0 Å². The van der Waals surface area contributed by atoms with Gasteiger partial charge < -0.3 is 0 Å². The van der Waals surface area contributed by atoms with Crippen molar-refractivity contribution in [3.05, 3.63) is 0 Å². The first-order chi connectivity index (χ1) is 0. The molecule has 4 heavy (non-hydrogen) atoms. The van der Waals surface area contributed by atoms with Gasteiger partial charge in [-0.3, -0.25) is 0 Å². The summed E-state index contributed by atoms with van der Waals surface area (Å²) in [5, 5.41) is 0. The van der Waals surface area contributed by atoms with E-state index in [4.69, 9.17) is 0 Å². The van der Waals surface area contributed by atoms with Gasteiger partial charge in [0.2, 0.25) is 0 Å². The van der Waals surface area contributed by atoms with Crippen molar-refractivity contribution in [1.29, 1.82) is 0 Å². The van der Waals surface area contributed by atoms with E-state index < -0.39 is 0 Å². The van der Waals surface area contributed by atoms with Crippen LogP contribution in [-0.4, -0.2) is 23.1 Å². The van der Waals surface area contributed by atoms with Crippen LogP contribution in [0.1, 0.15) is 0 Å². The van der Waals surface area contributed by atoms with Crippen LogP contribution in [0, 0.1) is 0 Å². The Kier molecular flexibility index (Phi) is 121. The van der Waals surface area contributed by atoms with Crippen molar-refractivity contribution in [1.82, 2.24) is 0 Å². The average molecular weight is 227 g/mol. The smallest absolute Gasteiger partial charge is 0 e. The van der Waals surface area contributed by atoms with E-state index in [9.17, 15) is 0 Å². The van der Waals surface area contributed by atoms with Gasteiger partial charge in [-0.05, 0) is 0 Å². The minimum Gasteiger partial charge on any atom is 0 e. The zero-order valence-corrected chi connectivity index (χ0v) is 8.38. The molecule has 0 saturated carbocycles. The molecule has 0 aromatic rings. The minimum absolute atomic E-state index is 0. The molecule has 0 amide bonds. The Bertz CT molecular complexity index is 8.00. The summed E-state index contributed by atoms with van der Waals surface area (Å²) in [4.78, 5) is 0.